The maximum absolute atomic E-state index is 6.67. The van der Waals surface area contributed by atoms with E-state index >= 15 is 0 Å². The van der Waals surface area contributed by atoms with Crippen molar-refractivity contribution >= 4 is 25.2 Å². The normalized spacial score (nSPS) is 21.1. The molecule has 1 spiro atoms. The summed E-state index contributed by atoms with van der Waals surface area (Å²) in [5.41, 5.74) is 11.9. The Morgan fingerprint density at radius 2 is 0.653 bits per heavy atom. The van der Waals surface area contributed by atoms with Crippen molar-refractivity contribution in [2.45, 2.75) is 83.2 Å². The SMILES string of the molecule is CC1(C)OB(c2ccc3c(c2)C2(c4cc(B5OC(C)(C)C(C)(C)O5)ccc4-c4ccccc4-3)c3ccccc3-c3ccccc32)OC1(C)C. The van der Waals surface area contributed by atoms with Gasteiger partial charge in [-0.3, -0.25) is 0 Å². The Hall–Kier alpha value is -3.93. The molecule has 2 heterocycles. The summed E-state index contributed by atoms with van der Waals surface area (Å²) >= 11 is 0. The van der Waals surface area contributed by atoms with Gasteiger partial charge in [0.15, 0.2) is 0 Å². The van der Waals surface area contributed by atoms with Crippen molar-refractivity contribution in [3.8, 4) is 33.4 Å². The predicted molar refractivity (Wildman–Crippen MR) is 200 cm³/mol. The zero-order valence-corrected chi connectivity index (χ0v) is 29.7. The van der Waals surface area contributed by atoms with E-state index in [2.05, 4.69) is 165 Å². The Labute approximate surface area is 291 Å². The summed E-state index contributed by atoms with van der Waals surface area (Å²) in [4.78, 5) is 0. The lowest BCUT2D eigenvalue weighted by molar-refractivity contribution is 0.00578. The zero-order chi connectivity index (χ0) is 34.1. The summed E-state index contributed by atoms with van der Waals surface area (Å²) in [5, 5.41) is 0. The van der Waals surface area contributed by atoms with Crippen LogP contribution in [0.15, 0.2) is 109 Å². The minimum absolute atomic E-state index is 0.453. The Balaban J connectivity index is 1.39. The highest BCUT2D eigenvalue weighted by atomic mass is 16.7. The van der Waals surface area contributed by atoms with Gasteiger partial charge in [-0.15, -0.1) is 0 Å². The largest absolute Gasteiger partial charge is 0.494 e. The van der Waals surface area contributed by atoms with Gasteiger partial charge in [-0.1, -0.05) is 109 Å². The molecule has 0 bridgehead atoms. The average Bonchev–Trinajstić information content (AvgIpc) is 3.56. The molecule has 244 valence electrons. The lowest BCUT2D eigenvalue weighted by Gasteiger charge is -2.36. The van der Waals surface area contributed by atoms with E-state index in [4.69, 9.17) is 18.6 Å². The molecule has 2 fully saturated rings. The molecule has 2 saturated heterocycles. The molecule has 0 N–H and O–H groups in total. The Kier molecular flexibility index (Phi) is 6.39. The van der Waals surface area contributed by atoms with Gasteiger partial charge in [0.2, 0.25) is 0 Å². The van der Waals surface area contributed by atoms with Gasteiger partial charge in [0.25, 0.3) is 0 Å². The molecule has 2 aliphatic heterocycles. The van der Waals surface area contributed by atoms with E-state index in [-0.39, 0.29) is 0 Å². The van der Waals surface area contributed by atoms with E-state index in [0.29, 0.717) is 0 Å². The van der Waals surface area contributed by atoms with Gasteiger partial charge in [-0.25, -0.2) is 0 Å². The van der Waals surface area contributed by atoms with Crippen LogP contribution in [0.4, 0.5) is 0 Å². The topological polar surface area (TPSA) is 36.9 Å². The minimum Gasteiger partial charge on any atom is -0.399 e. The second-order valence-corrected chi connectivity index (χ2v) is 16.2. The highest BCUT2D eigenvalue weighted by Crippen LogP contribution is 2.61. The maximum Gasteiger partial charge on any atom is 0.494 e. The van der Waals surface area contributed by atoms with Gasteiger partial charge >= 0.3 is 14.2 Å². The Bertz CT molecular complexity index is 1990. The van der Waals surface area contributed by atoms with Crippen LogP contribution in [0.2, 0.25) is 0 Å². The van der Waals surface area contributed by atoms with Crippen molar-refractivity contribution in [2.24, 2.45) is 0 Å². The molecule has 49 heavy (non-hydrogen) atoms. The molecular weight excluding hydrogens is 602 g/mol. The third-order valence-corrected chi connectivity index (χ3v) is 12.4. The molecule has 0 radical (unpaired) electrons. The molecule has 0 saturated carbocycles. The monoisotopic (exact) mass is 644 g/mol. The van der Waals surface area contributed by atoms with Crippen LogP contribution in [0.25, 0.3) is 33.4 Å². The third-order valence-electron chi connectivity index (χ3n) is 12.4. The van der Waals surface area contributed by atoms with Gasteiger partial charge in [0.05, 0.1) is 27.8 Å². The Morgan fingerprint density at radius 3 is 1.02 bits per heavy atom. The summed E-state index contributed by atoms with van der Waals surface area (Å²) in [5.74, 6) is 0. The minimum atomic E-state index is -0.643. The van der Waals surface area contributed by atoms with Crippen molar-refractivity contribution in [3.05, 3.63) is 131 Å². The lowest BCUT2D eigenvalue weighted by atomic mass is 9.63. The van der Waals surface area contributed by atoms with Gasteiger partial charge in [0.1, 0.15) is 0 Å². The van der Waals surface area contributed by atoms with Crippen molar-refractivity contribution in [1.82, 2.24) is 0 Å². The standard InChI is InChI=1S/C43H42B2O4/c1-39(2)40(3,4)47-44(46-39)27-21-23-33-29-15-9-10-16-30(29)34-24-22-28(45-48-41(5,6)42(7,8)49-45)26-38(34)43(37(33)25-27)35-19-13-11-17-31(35)32-18-12-14-20-36(32)43/h9-26H,1-8H3. The zero-order valence-electron chi connectivity index (χ0n) is 29.7. The first-order chi connectivity index (χ1) is 23.3. The van der Waals surface area contributed by atoms with Crippen LogP contribution >= 0.6 is 0 Å². The number of hydrogen-bond acceptors (Lipinski definition) is 4. The van der Waals surface area contributed by atoms with E-state index < -0.39 is 42.1 Å². The third kappa shape index (κ3) is 4.15. The number of hydrogen-bond donors (Lipinski definition) is 0. The lowest BCUT2D eigenvalue weighted by Crippen LogP contribution is -2.41. The molecule has 0 amide bonds. The van der Waals surface area contributed by atoms with Crippen LogP contribution in [0.1, 0.15) is 77.6 Å². The average molecular weight is 644 g/mol. The first kappa shape index (κ1) is 31.1. The van der Waals surface area contributed by atoms with Crippen molar-refractivity contribution in [3.63, 3.8) is 0 Å². The molecule has 4 nitrogen and oxygen atoms in total. The van der Waals surface area contributed by atoms with Gasteiger partial charge in [0, 0.05) is 0 Å². The molecule has 0 unspecified atom stereocenters. The highest BCUT2D eigenvalue weighted by Gasteiger charge is 2.55. The smallest absolute Gasteiger partial charge is 0.399 e. The molecule has 0 aromatic heterocycles. The molecule has 5 aromatic carbocycles. The van der Waals surface area contributed by atoms with Gasteiger partial charge in [-0.2, -0.15) is 0 Å². The van der Waals surface area contributed by atoms with Gasteiger partial charge < -0.3 is 18.6 Å². The van der Waals surface area contributed by atoms with E-state index in [0.717, 1.165) is 10.9 Å². The first-order valence-corrected chi connectivity index (χ1v) is 17.5. The summed E-state index contributed by atoms with van der Waals surface area (Å²) in [6.45, 7) is 16.9. The summed E-state index contributed by atoms with van der Waals surface area (Å²) < 4.78 is 26.7. The number of rotatable bonds is 2. The molecule has 5 aromatic rings. The quantitative estimate of drug-likeness (QED) is 0.178. The molecule has 9 rings (SSSR count). The summed E-state index contributed by atoms with van der Waals surface area (Å²) in [7, 11) is -0.985. The Morgan fingerprint density at radius 1 is 0.347 bits per heavy atom. The molecule has 0 atom stereocenters. The summed E-state index contributed by atoms with van der Waals surface area (Å²) in [6.07, 6.45) is 0. The van der Waals surface area contributed by atoms with Crippen molar-refractivity contribution in [1.29, 1.82) is 0 Å². The van der Waals surface area contributed by atoms with Crippen LogP contribution in [0.5, 0.6) is 0 Å². The maximum atomic E-state index is 6.67. The number of benzene rings is 5. The molecule has 2 aliphatic carbocycles. The van der Waals surface area contributed by atoms with E-state index in [1.54, 1.807) is 0 Å². The molecular formula is C43H42B2O4. The van der Waals surface area contributed by atoms with Crippen molar-refractivity contribution in [2.75, 3.05) is 0 Å². The predicted octanol–water partition coefficient (Wildman–Crippen LogP) is 8.30. The fourth-order valence-corrected chi connectivity index (χ4v) is 8.38. The second kappa shape index (κ2) is 10.1. The van der Waals surface area contributed by atoms with Crippen LogP contribution in [0.3, 0.4) is 0 Å². The highest BCUT2D eigenvalue weighted by molar-refractivity contribution is 6.62. The van der Waals surface area contributed by atoms with Crippen LogP contribution in [-0.2, 0) is 24.0 Å². The van der Waals surface area contributed by atoms with E-state index in [1.165, 1.54) is 55.6 Å². The first-order valence-electron chi connectivity index (χ1n) is 17.5. The van der Waals surface area contributed by atoms with Crippen LogP contribution in [-0.4, -0.2) is 36.6 Å². The van der Waals surface area contributed by atoms with Crippen LogP contribution < -0.4 is 10.9 Å². The van der Waals surface area contributed by atoms with Crippen LogP contribution in [0, 0.1) is 0 Å². The number of fused-ring (bicyclic) bond motifs is 12. The van der Waals surface area contributed by atoms with Gasteiger partial charge in [-0.05, 0) is 122 Å². The fraction of sp³-hybridized carbons (Fsp3) is 0.302. The second-order valence-electron chi connectivity index (χ2n) is 16.2. The molecule has 4 aliphatic rings. The van der Waals surface area contributed by atoms with Crippen molar-refractivity contribution < 1.29 is 18.6 Å². The van der Waals surface area contributed by atoms with E-state index in [1.807, 2.05) is 0 Å². The fourth-order valence-electron chi connectivity index (χ4n) is 8.38. The van der Waals surface area contributed by atoms with E-state index in [9.17, 15) is 0 Å². The summed E-state index contributed by atoms with van der Waals surface area (Å²) in [6, 6.07) is 40.4. The molecule has 6 heteroatoms.